The van der Waals surface area contributed by atoms with Crippen LogP contribution in [0.25, 0.3) is 33.7 Å². The van der Waals surface area contributed by atoms with Gasteiger partial charge in [0.2, 0.25) is 5.70 Å². The summed E-state index contributed by atoms with van der Waals surface area (Å²) in [5, 5.41) is 2.72. The van der Waals surface area contributed by atoms with E-state index in [0.29, 0.717) is 0 Å². The molecule has 0 spiro atoms. The number of fused-ring (bicyclic) bond motifs is 5. The molecule has 3 aliphatic heterocycles. The third-order valence-corrected chi connectivity index (χ3v) is 13.9. The molecule has 1 atom stereocenters. The van der Waals surface area contributed by atoms with Crippen LogP contribution in [-0.4, -0.2) is 25.1 Å². The lowest BCUT2D eigenvalue weighted by Gasteiger charge is -2.30. The zero-order valence-electron chi connectivity index (χ0n) is 35.7. The van der Waals surface area contributed by atoms with E-state index in [-0.39, 0.29) is 6.29 Å². The fraction of sp³-hybridized carbons (Fsp3) is 0.388. The van der Waals surface area contributed by atoms with Gasteiger partial charge in [-0.1, -0.05) is 12.2 Å². The van der Waals surface area contributed by atoms with Crippen molar-refractivity contribution in [2.45, 2.75) is 131 Å². The van der Waals surface area contributed by atoms with E-state index in [1.807, 2.05) is 0 Å². The van der Waals surface area contributed by atoms with Crippen molar-refractivity contribution >= 4 is 45.1 Å². The molecule has 0 saturated heterocycles. The SMILES string of the molecule is CC=CC1=N/C(=C(/C)c2c3c(C)c(C)c(C)c(C)c3c(C)n2C2n3c(C=CC)c(C)c(C)c3C(C)=C3c4c(C)c(C)c(C)c(C)c4C(C)=[N+]32)C(C)=C1C. The summed E-state index contributed by atoms with van der Waals surface area (Å²) in [7, 11) is 0. The number of allylic oxidation sites excluding steroid dienone is 7. The molecule has 0 bridgehead atoms. The Kier molecular flexibility index (Phi) is 8.60. The third-order valence-electron chi connectivity index (χ3n) is 13.9. The van der Waals surface area contributed by atoms with Gasteiger partial charge >= 0.3 is 6.29 Å². The van der Waals surface area contributed by atoms with Crippen LogP contribution in [0.4, 0.5) is 0 Å². The van der Waals surface area contributed by atoms with Crippen molar-refractivity contribution in [3.63, 3.8) is 0 Å². The predicted octanol–water partition coefficient (Wildman–Crippen LogP) is 12.7. The highest BCUT2D eigenvalue weighted by Crippen LogP contribution is 2.51. The first-order chi connectivity index (χ1) is 25.0. The summed E-state index contributed by atoms with van der Waals surface area (Å²) in [4.78, 5) is 5.36. The van der Waals surface area contributed by atoms with E-state index in [0.717, 1.165) is 11.4 Å². The number of aryl methyl sites for hydroxylation is 3. The summed E-state index contributed by atoms with van der Waals surface area (Å²) >= 11 is 0. The first-order valence-electron chi connectivity index (χ1n) is 19.5. The van der Waals surface area contributed by atoms with Crippen LogP contribution >= 0.6 is 0 Å². The van der Waals surface area contributed by atoms with Crippen molar-refractivity contribution in [3.8, 4) is 0 Å². The van der Waals surface area contributed by atoms with Gasteiger partial charge in [-0.05, 0) is 202 Å². The molecule has 0 saturated carbocycles. The van der Waals surface area contributed by atoms with Crippen LogP contribution in [0.2, 0.25) is 0 Å². The number of aliphatic imine (C=N–C) groups is 1. The van der Waals surface area contributed by atoms with Gasteiger partial charge in [0, 0.05) is 29.0 Å². The summed E-state index contributed by atoms with van der Waals surface area (Å²) in [6.45, 7) is 41.3. The van der Waals surface area contributed by atoms with Crippen molar-refractivity contribution < 1.29 is 4.58 Å². The van der Waals surface area contributed by atoms with Crippen LogP contribution in [-0.2, 0) is 0 Å². The van der Waals surface area contributed by atoms with Gasteiger partial charge in [0.05, 0.1) is 39.6 Å². The molecule has 0 fully saturated rings. The lowest BCUT2D eigenvalue weighted by Crippen LogP contribution is -2.37. The van der Waals surface area contributed by atoms with Gasteiger partial charge in [-0.15, -0.1) is 0 Å². The molecule has 0 N–H and O–H groups in total. The van der Waals surface area contributed by atoms with Gasteiger partial charge in [-0.2, -0.15) is 4.58 Å². The van der Waals surface area contributed by atoms with E-state index in [4.69, 9.17) is 4.99 Å². The zero-order valence-corrected chi connectivity index (χ0v) is 35.7. The molecule has 0 radical (unpaired) electrons. The van der Waals surface area contributed by atoms with Crippen molar-refractivity contribution in [2.75, 3.05) is 0 Å². The van der Waals surface area contributed by atoms with Gasteiger partial charge in [-0.25, -0.2) is 4.99 Å². The van der Waals surface area contributed by atoms with Crippen LogP contribution in [0, 0.1) is 76.2 Å². The highest BCUT2D eigenvalue weighted by atomic mass is 15.4. The lowest BCUT2D eigenvalue weighted by molar-refractivity contribution is -0.512. The van der Waals surface area contributed by atoms with E-state index < -0.39 is 0 Å². The fourth-order valence-corrected chi connectivity index (χ4v) is 10.1. The Hall–Kier alpha value is -4.70. The summed E-state index contributed by atoms with van der Waals surface area (Å²) in [6, 6.07) is 0. The van der Waals surface area contributed by atoms with Crippen LogP contribution in [0.5, 0.6) is 0 Å². The maximum absolute atomic E-state index is 5.36. The van der Waals surface area contributed by atoms with E-state index in [9.17, 15) is 0 Å². The molecule has 4 aromatic rings. The van der Waals surface area contributed by atoms with Gasteiger partial charge < -0.3 is 0 Å². The lowest BCUT2D eigenvalue weighted by atomic mass is 9.86. The van der Waals surface area contributed by atoms with E-state index in [2.05, 4.69) is 163 Å². The smallest absolute Gasteiger partial charge is 0.267 e. The molecular weight excluding hydrogens is 645 g/mol. The normalized spacial score (nSPS) is 18.2. The first kappa shape index (κ1) is 36.6. The predicted molar refractivity (Wildman–Crippen MR) is 230 cm³/mol. The van der Waals surface area contributed by atoms with Crippen molar-refractivity contribution in [1.29, 1.82) is 0 Å². The molecular formula is C49H59N4+. The molecule has 3 aliphatic rings. The molecule has 2 aromatic heterocycles. The largest absolute Gasteiger partial charge is 0.325 e. The Bertz CT molecular complexity index is 2600. The Labute approximate surface area is 318 Å². The molecule has 274 valence electrons. The monoisotopic (exact) mass is 703 g/mol. The molecule has 4 nitrogen and oxygen atoms in total. The van der Waals surface area contributed by atoms with E-state index in [1.165, 1.54) is 134 Å². The van der Waals surface area contributed by atoms with Crippen molar-refractivity contribution in [3.05, 3.63) is 125 Å². The quantitative estimate of drug-likeness (QED) is 0.189. The second-order valence-electron chi connectivity index (χ2n) is 16.2. The van der Waals surface area contributed by atoms with Crippen LogP contribution in [0.3, 0.4) is 0 Å². The number of hydrogen-bond acceptors (Lipinski definition) is 1. The van der Waals surface area contributed by atoms with Gasteiger partial charge in [0.1, 0.15) is 0 Å². The molecule has 0 amide bonds. The van der Waals surface area contributed by atoms with Crippen molar-refractivity contribution in [2.24, 2.45) is 4.99 Å². The Morgan fingerprint density at radius 2 is 1.11 bits per heavy atom. The maximum atomic E-state index is 5.36. The number of rotatable bonds is 4. The topological polar surface area (TPSA) is 25.2 Å². The van der Waals surface area contributed by atoms with E-state index >= 15 is 0 Å². The first-order valence-corrected chi connectivity index (χ1v) is 19.5. The van der Waals surface area contributed by atoms with Gasteiger partial charge in [0.25, 0.3) is 0 Å². The average molecular weight is 704 g/mol. The second-order valence-corrected chi connectivity index (χ2v) is 16.2. The van der Waals surface area contributed by atoms with Crippen LogP contribution in [0.15, 0.2) is 40.1 Å². The number of hydrogen-bond donors (Lipinski definition) is 0. The zero-order chi connectivity index (χ0) is 38.9. The number of benzene rings is 2. The van der Waals surface area contributed by atoms with Crippen LogP contribution < -0.4 is 0 Å². The third kappa shape index (κ3) is 4.60. The fourth-order valence-electron chi connectivity index (χ4n) is 10.1. The molecule has 0 aliphatic carbocycles. The minimum absolute atomic E-state index is 0.183. The van der Waals surface area contributed by atoms with Gasteiger partial charge in [-0.3, -0.25) is 9.13 Å². The molecule has 7 rings (SSSR count). The molecule has 53 heavy (non-hydrogen) atoms. The maximum Gasteiger partial charge on any atom is 0.325 e. The summed E-state index contributed by atoms with van der Waals surface area (Å²) < 4.78 is 8.07. The molecule has 4 heteroatoms. The van der Waals surface area contributed by atoms with E-state index in [1.54, 1.807) is 0 Å². The highest BCUT2D eigenvalue weighted by molar-refractivity contribution is 6.13. The molecule has 2 aromatic carbocycles. The minimum Gasteiger partial charge on any atom is -0.267 e. The summed E-state index contributed by atoms with van der Waals surface area (Å²) in [5.74, 6) is 0. The summed E-state index contributed by atoms with van der Waals surface area (Å²) in [5.41, 5.74) is 31.6. The average Bonchev–Trinajstić information content (AvgIpc) is 3.79. The molecule has 5 heterocycles. The second kappa shape index (κ2) is 12.4. The standard InChI is InChI=1S/C49H59N4/c1-19-21-39-27(7)33(13)45(50-39)35(15)47-43-31(11)25(5)23(3)29(9)41(43)37(17)51(47)49-52-38(18)42-30(10)24(4)26(6)32(12)44(42)48(52)36(16)46-34(14)28(8)40(22-20-2)53(46)49/h19-22,49H,1-18H3/q+1/b21-19?,22-20?,45-35-. The highest BCUT2D eigenvalue weighted by Gasteiger charge is 2.50. The Morgan fingerprint density at radius 3 is 1.70 bits per heavy atom. The number of aromatic nitrogens is 2. The molecule has 1 unspecified atom stereocenters. The van der Waals surface area contributed by atoms with Crippen molar-refractivity contribution in [1.82, 2.24) is 9.13 Å². The minimum atomic E-state index is -0.183. The van der Waals surface area contributed by atoms with Crippen LogP contribution in [0.1, 0.15) is 144 Å². The Balaban J connectivity index is 1.76. The Morgan fingerprint density at radius 1 is 0.566 bits per heavy atom. The summed E-state index contributed by atoms with van der Waals surface area (Å²) in [6.07, 6.45) is 8.61. The van der Waals surface area contributed by atoms with Gasteiger partial charge in [0.15, 0.2) is 5.71 Å². The number of nitrogens with zero attached hydrogens (tertiary/aromatic N) is 4.